The Balaban J connectivity index is 2.29. The van der Waals surface area contributed by atoms with E-state index in [4.69, 9.17) is 0 Å². The number of amides is 2. The standard InChI is InChI=1S/C19H37N5O2/c1-4-16(3)23-17(25)11-13-22-19(20-5-2)21-12-9-15-24-14-8-6-7-10-18(24)26/h16H,4-15H2,1-3H3,(H,23,25)(H2,20,21,22). The van der Waals surface area contributed by atoms with Gasteiger partial charge in [-0.2, -0.15) is 0 Å². The third-order valence-corrected chi connectivity index (χ3v) is 4.54. The van der Waals surface area contributed by atoms with Crippen LogP contribution in [0.25, 0.3) is 0 Å². The van der Waals surface area contributed by atoms with Crippen LogP contribution in [-0.2, 0) is 9.59 Å². The van der Waals surface area contributed by atoms with Gasteiger partial charge in [0.25, 0.3) is 0 Å². The first-order chi connectivity index (χ1) is 12.6. The Morgan fingerprint density at radius 2 is 2.04 bits per heavy atom. The van der Waals surface area contributed by atoms with Crippen molar-refractivity contribution in [1.82, 2.24) is 20.9 Å². The van der Waals surface area contributed by atoms with Crippen molar-refractivity contribution in [2.75, 3.05) is 32.7 Å². The maximum atomic E-state index is 12.0. The summed E-state index contributed by atoms with van der Waals surface area (Å²) in [4.78, 5) is 30.3. The molecule has 1 atom stereocenters. The van der Waals surface area contributed by atoms with Gasteiger partial charge in [0.05, 0.1) is 0 Å². The minimum absolute atomic E-state index is 0.0578. The van der Waals surface area contributed by atoms with Crippen LogP contribution in [0.5, 0.6) is 0 Å². The molecule has 0 aromatic carbocycles. The Labute approximate surface area is 158 Å². The molecule has 0 saturated carbocycles. The van der Waals surface area contributed by atoms with Gasteiger partial charge in [-0.25, -0.2) is 0 Å². The molecule has 1 rings (SSSR count). The van der Waals surface area contributed by atoms with Gasteiger partial charge < -0.3 is 20.9 Å². The van der Waals surface area contributed by atoms with Crippen LogP contribution >= 0.6 is 0 Å². The van der Waals surface area contributed by atoms with E-state index in [0.29, 0.717) is 25.9 Å². The van der Waals surface area contributed by atoms with Gasteiger partial charge in [0.1, 0.15) is 0 Å². The number of rotatable bonds is 10. The van der Waals surface area contributed by atoms with E-state index in [2.05, 4.69) is 27.9 Å². The van der Waals surface area contributed by atoms with Crippen molar-refractivity contribution in [2.24, 2.45) is 4.99 Å². The highest BCUT2D eigenvalue weighted by Gasteiger charge is 2.15. The number of nitrogens with zero attached hydrogens (tertiary/aromatic N) is 2. The number of guanidine groups is 1. The average Bonchev–Trinajstić information content (AvgIpc) is 2.82. The molecule has 0 bridgehead atoms. The van der Waals surface area contributed by atoms with Gasteiger partial charge in [-0.3, -0.25) is 14.6 Å². The van der Waals surface area contributed by atoms with Crippen molar-refractivity contribution in [3.63, 3.8) is 0 Å². The molecule has 7 heteroatoms. The largest absolute Gasteiger partial charge is 0.357 e. The predicted octanol–water partition coefficient (Wildman–Crippen LogP) is 1.64. The molecule has 1 heterocycles. The van der Waals surface area contributed by atoms with Crippen LogP contribution in [0, 0.1) is 0 Å². The first-order valence-corrected chi connectivity index (χ1v) is 10.2. The SMILES string of the molecule is CCNC(=NCCCN1CCCCCC1=O)NCCC(=O)NC(C)CC. The molecule has 1 aliphatic rings. The van der Waals surface area contributed by atoms with Gasteiger partial charge in [0, 0.05) is 51.6 Å². The normalized spacial score (nSPS) is 16.8. The lowest BCUT2D eigenvalue weighted by atomic mass is 10.2. The van der Waals surface area contributed by atoms with E-state index in [1.807, 2.05) is 18.7 Å². The van der Waals surface area contributed by atoms with Gasteiger partial charge in [-0.1, -0.05) is 13.3 Å². The Bertz CT molecular complexity index is 453. The Hall–Kier alpha value is -1.79. The fourth-order valence-corrected chi connectivity index (χ4v) is 2.81. The number of hydrogen-bond donors (Lipinski definition) is 3. The number of nitrogens with one attached hydrogen (secondary N) is 3. The zero-order chi connectivity index (χ0) is 19.2. The minimum atomic E-state index is 0.0578. The lowest BCUT2D eigenvalue weighted by molar-refractivity contribution is -0.130. The van der Waals surface area contributed by atoms with E-state index in [9.17, 15) is 9.59 Å². The molecule has 3 N–H and O–H groups in total. The van der Waals surface area contributed by atoms with Crippen molar-refractivity contribution in [3.05, 3.63) is 0 Å². The topological polar surface area (TPSA) is 85.8 Å². The van der Waals surface area contributed by atoms with Crippen LogP contribution in [0.15, 0.2) is 4.99 Å². The number of hydrogen-bond acceptors (Lipinski definition) is 3. The molecule has 1 aliphatic heterocycles. The predicted molar refractivity (Wildman–Crippen MR) is 106 cm³/mol. The summed E-state index contributed by atoms with van der Waals surface area (Å²) >= 11 is 0. The maximum absolute atomic E-state index is 12.0. The van der Waals surface area contributed by atoms with E-state index >= 15 is 0 Å². The molecule has 1 unspecified atom stereocenters. The molecule has 0 spiro atoms. The molecule has 0 aromatic heterocycles. The highest BCUT2D eigenvalue weighted by Crippen LogP contribution is 2.11. The van der Waals surface area contributed by atoms with Crippen LogP contribution in [0.1, 0.15) is 65.7 Å². The fourth-order valence-electron chi connectivity index (χ4n) is 2.81. The molecule has 7 nitrogen and oxygen atoms in total. The lowest BCUT2D eigenvalue weighted by Crippen LogP contribution is -2.40. The van der Waals surface area contributed by atoms with Gasteiger partial charge in [0.15, 0.2) is 5.96 Å². The first-order valence-electron chi connectivity index (χ1n) is 10.2. The molecular formula is C19H37N5O2. The minimum Gasteiger partial charge on any atom is -0.357 e. The smallest absolute Gasteiger partial charge is 0.222 e. The van der Waals surface area contributed by atoms with Crippen molar-refractivity contribution < 1.29 is 9.59 Å². The summed E-state index contributed by atoms with van der Waals surface area (Å²) in [6, 6.07) is 0.214. The molecule has 1 fully saturated rings. The van der Waals surface area contributed by atoms with Gasteiger partial charge in [-0.15, -0.1) is 0 Å². The van der Waals surface area contributed by atoms with E-state index in [0.717, 1.165) is 57.7 Å². The Morgan fingerprint density at radius 1 is 1.23 bits per heavy atom. The van der Waals surface area contributed by atoms with Gasteiger partial charge in [-0.05, 0) is 39.5 Å². The summed E-state index contributed by atoms with van der Waals surface area (Å²) < 4.78 is 0. The van der Waals surface area contributed by atoms with Gasteiger partial charge in [0.2, 0.25) is 11.8 Å². The second-order valence-electron chi connectivity index (χ2n) is 6.86. The van der Waals surface area contributed by atoms with E-state index in [-0.39, 0.29) is 17.9 Å². The van der Waals surface area contributed by atoms with Crippen LogP contribution in [0.4, 0.5) is 0 Å². The number of carbonyl (C=O) groups excluding carboxylic acids is 2. The van der Waals surface area contributed by atoms with Crippen molar-refractivity contribution in [3.8, 4) is 0 Å². The molecule has 0 aromatic rings. The van der Waals surface area contributed by atoms with Crippen molar-refractivity contribution in [1.29, 1.82) is 0 Å². The number of aliphatic imine (C=N–C) groups is 1. The monoisotopic (exact) mass is 367 g/mol. The Morgan fingerprint density at radius 3 is 2.77 bits per heavy atom. The molecular weight excluding hydrogens is 330 g/mol. The maximum Gasteiger partial charge on any atom is 0.222 e. The summed E-state index contributed by atoms with van der Waals surface area (Å²) in [5, 5.41) is 9.35. The van der Waals surface area contributed by atoms with E-state index in [1.165, 1.54) is 0 Å². The molecule has 26 heavy (non-hydrogen) atoms. The van der Waals surface area contributed by atoms with Crippen LogP contribution in [-0.4, -0.2) is 61.4 Å². The molecule has 150 valence electrons. The number of carbonyl (C=O) groups is 2. The second-order valence-corrected chi connectivity index (χ2v) is 6.86. The molecule has 0 radical (unpaired) electrons. The molecule has 1 saturated heterocycles. The fraction of sp³-hybridized carbons (Fsp3) is 0.842. The summed E-state index contributed by atoms with van der Waals surface area (Å²) in [6.07, 6.45) is 6.19. The van der Waals surface area contributed by atoms with Gasteiger partial charge >= 0.3 is 0 Å². The summed E-state index contributed by atoms with van der Waals surface area (Å²) in [7, 11) is 0. The summed E-state index contributed by atoms with van der Waals surface area (Å²) in [6.45, 7) is 9.73. The van der Waals surface area contributed by atoms with Crippen molar-refractivity contribution in [2.45, 2.75) is 71.8 Å². The average molecular weight is 368 g/mol. The first kappa shape index (κ1) is 22.3. The third-order valence-electron chi connectivity index (χ3n) is 4.54. The highest BCUT2D eigenvalue weighted by molar-refractivity contribution is 5.81. The lowest BCUT2D eigenvalue weighted by Gasteiger charge is -2.20. The second kappa shape index (κ2) is 13.4. The van der Waals surface area contributed by atoms with E-state index in [1.54, 1.807) is 0 Å². The zero-order valence-corrected chi connectivity index (χ0v) is 16.8. The Kier molecular flexibility index (Phi) is 11.5. The van der Waals surface area contributed by atoms with Crippen molar-refractivity contribution >= 4 is 17.8 Å². The highest BCUT2D eigenvalue weighted by atomic mass is 16.2. The van der Waals surface area contributed by atoms with Crippen LogP contribution in [0.3, 0.4) is 0 Å². The van der Waals surface area contributed by atoms with Crippen LogP contribution in [0.2, 0.25) is 0 Å². The number of likely N-dealkylation sites (tertiary alicyclic amines) is 1. The van der Waals surface area contributed by atoms with Crippen LogP contribution < -0.4 is 16.0 Å². The summed E-state index contributed by atoms with van der Waals surface area (Å²) in [5.74, 6) is 1.07. The van der Waals surface area contributed by atoms with E-state index < -0.39 is 0 Å². The third kappa shape index (κ3) is 9.63. The zero-order valence-electron chi connectivity index (χ0n) is 16.8. The quantitative estimate of drug-likeness (QED) is 0.311. The molecule has 2 amide bonds. The molecule has 0 aliphatic carbocycles. The summed E-state index contributed by atoms with van der Waals surface area (Å²) in [5.41, 5.74) is 0.